The van der Waals surface area contributed by atoms with E-state index in [0.29, 0.717) is 43.5 Å². The van der Waals surface area contributed by atoms with E-state index in [9.17, 15) is 0 Å². The molecule has 0 saturated carbocycles. The van der Waals surface area contributed by atoms with Gasteiger partial charge in [-0.15, -0.1) is 10.2 Å². The largest absolute Gasteiger partial charge is 0.292 e. The first-order valence-corrected chi connectivity index (χ1v) is 17.9. The number of aromatic nitrogens is 8. The van der Waals surface area contributed by atoms with Gasteiger partial charge in [-0.1, -0.05) is 53.8 Å². The number of pyridine rings is 6. The number of aliphatic imine (C=N–C) groups is 1. The Bertz CT molecular complexity index is 2480. The normalized spacial score (nSPS) is 13.8. The lowest BCUT2D eigenvalue weighted by Crippen LogP contribution is -2.39. The van der Waals surface area contributed by atoms with E-state index in [2.05, 4.69) is 26.2 Å². The van der Waals surface area contributed by atoms with E-state index in [4.69, 9.17) is 35.7 Å². The highest BCUT2D eigenvalue weighted by Crippen LogP contribution is 2.31. The van der Waals surface area contributed by atoms with Crippen molar-refractivity contribution in [2.24, 2.45) is 4.99 Å². The van der Waals surface area contributed by atoms with Crippen LogP contribution < -0.4 is 5.41 Å². The van der Waals surface area contributed by atoms with Gasteiger partial charge in [-0.2, -0.15) is 0 Å². The molecule has 0 amide bonds. The molecule has 250 valence electrons. The quantitative estimate of drug-likeness (QED) is 0.135. The molecule has 11 nitrogen and oxygen atoms in total. The highest BCUT2D eigenvalue weighted by Gasteiger charge is 2.21. The van der Waals surface area contributed by atoms with Crippen molar-refractivity contribution in [3.63, 3.8) is 0 Å². The van der Waals surface area contributed by atoms with Gasteiger partial charge in [-0.3, -0.25) is 20.4 Å². The van der Waals surface area contributed by atoms with Crippen LogP contribution in [0.1, 0.15) is 35.2 Å². The highest BCUT2D eigenvalue weighted by atomic mass is 32.2. The lowest BCUT2D eigenvalue weighted by molar-refractivity contribution is -0.107. The Morgan fingerprint density at radius 1 is 0.615 bits per heavy atom. The maximum absolute atomic E-state index is 8.84. The van der Waals surface area contributed by atoms with Crippen molar-refractivity contribution in [1.29, 1.82) is 5.41 Å². The van der Waals surface area contributed by atoms with Crippen molar-refractivity contribution in [3.05, 3.63) is 157 Å². The summed E-state index contributed by atoms with van der Waals surface area (Å²) in [7, 11) is 0. The topological polar surface area (TPSA) is 165 Å². The van der Waals surface area contributed by atoms with Crippen molar-refractivity contribution in [3.8, 4) is 44.2 Å². The predicted molar refractivity (Wildman–Crippen MR) is 205 cm³/mol. The minimum absolute atomic E-state index is 0.160. The van der Waals surface area contributed by atoms with Gasteiger partial charge in [0.15, 0.2) is 10.0 Å². The zero-order valence-electron chi connectivity index (χ0n) is 27.4. The van der Waals surface area contributed by atoms with Gasteiger partial charge in [0.2, 0.25) is 0 Å². The SMILES string of the molecule is N=C(SC(=[NH2+])c1cccc(C2CC=CC(c3ccccn3)=N2)n1)c1cccc(-c2nnc(-c3cccc(-c4cccc(-c5ccccn5)n4)n3)s2)n1. The summed E-state index contributed by atoms with van der Waals surface area (Å²) < 4.78 is 0. The molecule has 1 unspecified atom stereocenters. The molecule has 1 aliphatic rings. The van der Waals surface area contributed by atoms with Crippen LogP contribution in [0.15, 0.2) is 139 Å². The summed E-state index contributed by atoms with van der Waals surface area (Å²) in [5, 5.41) is 26.0. The lowest BCUT2D eigenvalue weighted by atomic mass is 10.0. The molecule has 8 rings (SSSR count). The van der Waals surface area contributed by atoms with Crippen molar-refractivity contribution in [2.45, 2.75) is 12.5 Å². The Balaban J connectivity index is 0.964. The van der Waals surface area contributed by atoms with Crippen LogP contribution in [0.3, 0.4) is 0 Å². The van der Waals surface area contributed by atoms with Crippen molar-refractivity contribution >= 4 is 38.9 Å². The van der Waals surface area contributed by atoms with Gasteiger partial charge >= 0.3 is 0 Å². The first-order valence-electron chi connectivity index (χ1n) is 16.3. The van der Waals surface area contributed by atoms with Gasteiger partial charge in [-0.25, -0.2) is 25.3 Å². The standard InChI is InChI=1S/C39H27N11S2/c40-36(32-18-7-16-30(46-32)28-14-5-12-26(44-28)24-10-1-3-22-42-24)51-37(41)33-19-9-21-35(48-33)39-50-49-38(52-39)34-20-8-17-31(47-34)29-15-6-13-27(45-29)25-11-2-4-23-43-25/h1-13,15-23,28,40-41H,14H2/p+1. The summed E-state index contributed by atoms with van der Waals surface area (Å²) in [5.41, 5.74) is 7.73. The number of rotatable bonds is 8. The fourth-order valence-corrected chi connectivity index (χ4v) is 6.89. The smallest absolute Gasteiger partial charge is 0.263 e. The molecule has 1 aliphatic heterocycles. The summed E-state index contributed by atoms with van der Waals surface area (Å²) in [5.74, 6) is 0. The number of thioether (sulfide) groups is 1. The molecule has 0 spiro atoms. The first kappa shape index (κ1) is 32.7. The molecule has 0 aliphatic carbocycles. The van der Waals surface area contributed by atoms with E-state index < -0.39 is 0 Å². The summed E-state index contributed by atoms with van der Waals surface area (Å²) >= 11 is 2.48. The molecule has 7 aromatic rings. The molecule has 0 saturated heterocycles. The highest BCUT2D eigenvalue weighted by molar-refractivity contribution is 8.27. The number of nitrogens with zero attached hydrogens (tertiary/aromatic N) is 9. The molecule has 13 heteroatoms. The van der Waals surface area contributed by atoms with Gasteiger partial charge in [0, 0.05) is 24.2 Å². The van der Waals surface area contributed by atoms with E-state index in [1.165, 1.54) is 11.3 Å². The first-order chi connectivity index (χ1) is 25.6. The van der Waals surface area contributed by atoms with Gasteiger partial charge < -0.3 is 0 Å². The minimum Gasteiger partial charge on any atom is -0.292 e. The van der Waals surface area contributed by atoms with Crippen molar-refractivity contribution in [2.75, 3.05) is 0 Å². The molecule has 0 bridgehead atoms. The average Bonchev–Trinajstić information content (AvgIpc) is 3.73. The summed E-state index contributed by atoms with van der Waals surface area (Å²) in [6, 6.07) is 34.0. The molecular formula is C39H28N11S2+. The second-order valence-electron chi connectivity index (χ2n) is 11.5. The number of allylic oxidation sites excluding steroid dienone is 1. The summed E-state index contributed by atoms with van der Waals surface area (Å²) in [4.78, 5) is 32.9. The zero-order valence-corrected chi connectivity index (χ0v) is 29.0. The van der Waals surface area contributed by atoms with Gasteiger partial charge in [0.25, 0.3) is 5.04 Å². The second kappa shape index (κ2) is 14.8. The van der Waals surface area contributed by atoms with E-state index in [1.54, 1.807) is 18.5 Å². The molecule has 1 atom stereocenters. The zero-order chi connectivity index (χ0) is 35.3. The third-order valence-corrected chi connectivity index (χ3v) is 9.78. The molecular weight excluding hydrogens is 687 g/mol. The summed E-state index contributed by atoms with van der Waals surface area (Å²) in [6.45, 7) is 0. The van der Waals surface area contributed by atoms with Crippen LogP contribution in [0.5, 0.6) is 0 Å². The van der Waals surface area contributed by atoms with E-state index in [0.717, 1.165) is 52.4 Å². The molecule has 7 aromatic heterocycles. The van der Waals surface area contributed by atoms with Crippen LogP contribution in [0, 0.1) is 5.41 Å². The Labute approximate surface area is 306 Å². The monoisotopic (exact) mass is 714 g/mol. The number of nitrogens with one attached hydrogen (secondary N) is 1. The van der Waals surface area contributed by atoms with Crippen LogP contribution in [0.4, 0.5) is 0 Å². The molecule has 8 heterocycles. The Hall–Kier alpha value is -6.44. The predicted octanol–water partition coefficient (Wildman–Crippen LogP) is 6.33. The van der Waals surface area contributed by atoms with E-state index >= 15 is 0 Å². The molecule has 0 aromatic carbocycles. The number of hydrogen-bond acceptors (Lipinski definition) is 12. The average molecular weight is 715 g/mol. The second-order valence-corrected chi connectivity index (χ2v) is 13.5. The Kier molecular flexibility index (Phi) is 9.33. The van der Waals surface area contributed by atoms with Crippen molar-refractivity contribution < 1.29 is 5.41 Å². The summed E-state index contributed by atoms with van der Waals surface area (Å²) in [6.07, 6.45) is 8.30. The van der Waals surface area contributed by atoms with Crippen molar-refractivity contribution in [1.82, 2.24) is 40.1 Å². The van der Waals surface area contributed by atoms with Gasteiger partial charge in [-0.05, 0) is 85.3 Å². The molecule has 0 fully saturated rings. The van der Waals surface area contributed by atoms with Crippen LogP contribution in [-0.4, -0.2) is 55.9 Å². The van der Waals surface area contributed by atoms with Crippen LogP contribution in [0.25, 0.3) is 44.2 Å². The number of dihydropyridines is 1. The van der Waals surface area contributed by atoms with Crippen LogP contribution >= 0.6 is 23.1 Å². The third kappa shape index (κ3) is 7.22. The fraction of sp³-hybridized carbons (Fsp3) is 0.0513. The third-order valence-electron chi connectivity index (χ3n) is 7.97. The maximum atomic E-state index is 8.84. The van der Waals surface area contributed by atoms with Gasteiger partial charge in [0.05, 0.1) is 51.6 Å². The molecule has 52 heavy (non-hydrogen) atoms. The Morgan fingerprint density at radius 2 is 1.19 bits per heavy atom. The van der Waals surface area contributed by atoms with E-state index in [1.807, 2.05) is 109 Å². The number of nitrogens with two attached hydrogens (primary N) is 1. The minimum atomic E-state index is -0.160. The fourth-order valence-electron chi connectivity index (χ4n) is 5.45. The number of hydrogen-bond donors (Lipinski definition) is 2. The van der Waals surface area contributed by atoms with E-state index in [-0.39, 0.29) is 11.1 Å². The molecule has 0 radical (unpaired) electrons. The Morgan fingerprint density at radius 3 is 1.90 bits per heavy atom. The maximum Gasteiger partial charge on any atom is 0.263 e. The van der Waals surface area contributed by atoms with Crippen LogP contribution in [0.2, 0.25) is 0 Å². The lowest BCUT2D eigenvalue weighted by Gasteiger charge is -2.16. The van der Waals surface area contributed by atoms with Gasteiger partial charge in [0.1, 0.15) is 22.1 Å². The molecule has 3 N–H and O–H groups in total. The van der Waals surface area contributed by atoms with Crippen LogP contribution in [-0.2, 0) is 0 Å².